The predicted molar refractivity (Wildman–Crippen MR) is 93.3 cm³/mol. The SMILES string of the molecule is COc1ccc(CN(C)C(=O)CC2CCc3ccccc32)cc1O. The number of nitrogens with zero attached hydrogens (tertiary/aromatic N) is 1. The van der Waals surface area contributed by atoms with E-state index in [4.69, 9.17) is 4.74 Å². The van der Waals surface area contributed by atoms with E-state index < -0.39 is 0 Å². The highest BCUT2D eigenvalue weighted by Crippen LogP contribution is 2.35. The Morgan fingerprint density at radius 2 is 2.08 bits per heavy atom. The van der Waals surface area contributed by atoms with E-state index in [9.17, 15) is 9.90 Å². The number of benzene rings is 2. The number of fused-ring (bicyclic) bond motifs is 1. The number of phenolic OH excluding ortho intramolecular Hbond substituents is 1. The van der Waals surface area contributed by atoms with Gasteiger partial charge in [0.1, 0.15) is 0 Å². The lowest BCUT2D eigenvalue weighted by Gasteiger charge is -2.20. The molecule has 2 aromatic carbocycles. The number of amides is 1. The predicted octanol–water partition coefficient (Wildman–Crippen LogP) is 3.48. The molecule has 0 aromatic heterocycles. The standard InChI is InChI=1S/C20H23NO3/c1-21(13-14-7-10-19(24-2)18(22)11-14)20(23)12-16-9-8-15-5-3-4-6-17(15)16/h3-7,10-11,16,22H,8-9,12-13H2,1-2H3. The van der Waals surface area contributed by atoms with Crippen LogP contribution in [0.25, 0.3) is 0 Å². The van der Waals surface area contributed by atoms with Crippen molar-refractivity contribution in [2.24, 2.45) is 0 Å². The fraction of sp³-hybridized carbons (Fsp3) is 0.350. The van der Waals surface area contributed by atoms with Gasteiger partial charge in [0, 0.05) is 20.0 Å². The van der Waals surface area contributed by atoms with Gasteiger partial charge in [-0.3, -0.25) is 4.79 Å². The third-order valence-electron chi connectivity index (χ3n) is 4.77. The Bertz CT molecular complexity index is 741. The van der Waals surface area contributed by atoms with E-state index in [0.717, 1.165) is 18.4 Å². The van der Waals surface area contributed by atoms with Crippen LogP contribution in [0, 0.1) is 0 Å². The minimum Gasteiger partial charge on any atom is -0.504 e. The van der Waals surface area contributed by atoms with Crippen molar-refractivity contribution < 1.29 is 14.6 Å². The van der Waals surface area contributed by atoms with Gasteiger partial charge in [-0.05, 0) is 47.6 Å². The van der Waals surface area contributed by atoms with Crippen LogP contribution in [0.2, 0.25) is 0 Å². The van der Waals surface area contributed by atoms with Gasteiger partial charge in [-0.15, -0.1) is 0 Å². The number of hydrogen-bond acceptors (Lipinski definition) is 3. The number of ether oxygens (including phenoxy) is 1. The molecule has 0 heterocycles. The van der Waals surface area contributed by atoms with E-state index in [0.29, 0.717) is 24.6 Å². The minimum absolute atomic E-state index is 0.0977. The Hall–Kier alpha value is -2.49. The summed E-state index contributed by atoms with van der Waals surface area (Å²) in [6, 6.07) is 13.6. The van der Waals surface area contributed by atoms with Gasteiger partial charge in [-0.25, -0.2) is 0 Å². The Kier molecular flexibility index (Phi) is 4.74. The van der Waals surface area contributed by atoms with Crippen LogP contribution < -0.4 is 4.74 Å². The molecule has 0 bridgehead atoms. The second-order valence-electron chi connectivity index (χ2n) is 6.39. The Morgan fingerprint density at radius 3 is 2.83 bits per heavy atom. The second kappa shape index (κ2) is 6.95. The number of carbonyl (C=O) groups is 1. The van der Waals surface area contributed by atoms with Crippen molar-refractivity contribution in [2.75, 3.05) is 14.2 Å². The van der Waals surface area contributed by atoms with Crippen LogP contribution in [-0.4, -0.2) is 30.1 Å². The summed E-state index contributed by atoms with van der Waals surface area (Å²) in [6.07, 6.45) is 2.64. The van der Waals surface area contributed by atoms with Crippen LogP contribution in [0.1, 0.15) is 35.4 Å². The van der Waals surface area contributed by atoms with Gasteiger partial charge in [-0.2, -0.15) is 0 Å². The van der Waals surface area contributed by atoms with Gasteiger partial charge in [0.2, 0.25) is 5.91 Å². The first-order valence-electron chi connectivity index (χ1n) is 8.26. The fourth-order valence-corrected chi connectivity index (χ4v) is 3.42. The fourth-order valence-electron chi connectivity index (χ4n) is 3.42. The molecule has 0 aliphatic heterocycles. The normalized spacial score (nSPS) is 15.8. The topological polar surface area (TPSA) is 49.8 Å². The van der Waals surface area contributed by atoms with Crippen LogP contribution in [0.4, 0.5) is 0 Å². The smallest absolute Gasteiger partial charge is 0.223 e. The van der Waals surface area contributed by atoms with Gasteiger partial charge in [-0.1, -0.05) is 30.3 Å². The number of carbonyl (C=O) groups excluding carboxylic acids is 1. The maximum atomic E-state index is 12.6. The van der Waals surface area contributed by atoms with Gasteiger partial charge in [0.15, 0.2) is 11.5 Å². The molecule has 0 saturated carbocycles. The van der Waals surface area contributed by atoms with Crippen molar-refractivity contribution in [1.82, 2.24) is 4.90 Å². The van der Waals surface area contributed by atoms with E-state index in [1.165, 1.54) is 18.2 Å². The lowest BCUT2D eigenvalue weighted by atomic mass is 9.97. The molecular weight excluding hydrogens is 302 g/mol. The maximum absolute atomic E-state index is 12.6. The lowest BCUT2D eigenvalue weighted by Crippen LogP contribution is -2.27. The Morgan fingerprint density at radius 1 is 1.29 bits per heavy atom. The average Bonchev–Trinajstić information content (AvgIpc) is 2.98. The highest BCUT2D eigenvalue weighted by atomic mass is 16.5. The summed E-state index contributed by atoms with van der Waals surface area (Å²) in [7, 11) is 3.33. The molecule has 1 unspecified atom stereocenters. The Balaban J connectivity index is 1.62. The summed E-state index contributed by atoms with van der Waals surface area (Å²) in [5, 5.41) is 9.85. The molecule has 0 saturated heterocycles. The maximum Gasteiger partial charge on any atom is 0.223 e. The summed E-state index contributed by atoms with van der Waals surface area (Å²) < 4.78 is 5.04. The van der Waals surface area contributed by atoms with E-state index in [1.807, 2.05) is 19.2 Å². The van der Waals surface area contributed by atoms with Crippen LogP contribution in [0.5, 0.6) is 11.5 Å². The number of rotatable bonds is 5. The van der Waals surface area contributed by atoms with E-state index in [1.54, 1.807) is 17.0 Å². The van der Waals surface area contributed by atoms with Crippen molar-refractivity contribution in [2.45, 2.75) is 31.7 Å². The molecule has 24 heavy (non-hydrogen) atoms. The highest BCUT2D eigenvalue weighted by Gasteiger charge is 2.25. The number of methoxy groups -OCH3 is 1. The molecule has 126 valence electrons. The van der Waals surface area contributed by atoms with Gasteiger partial charge in [0.25, 0.3) is 0 Å². The molecule has 4 heteroatoms. The third kappa shape index (κ3) is 3.37. The lowest BCUT2D eigenvalue weighted by molar-refractivity contribution is -0.130. The second-order valence-corrected chi connectivity index (χ2v) is 6.39. The zero-order chi connectivity index (χ0) is 17.1. The van der Waals surface area contributed by atoms with Crippen molar-refractivity contribution in [3.63, 3.8) is 0 Å². The molecular formula is C20H23NO3. The first kappa shape index (κ1) is 16.4. The zero-order valence-electron chi connectivity index (χ0n) is 14.2. The van der Waals surface area contributed by atoms with Crippen molar-refractivity contribution in [3.8, 4) is 11.5 Å². The largest absolute Gasteiger partial charge is 0.504 e. The summed E-state index contributed by atoms with van der Waals surface area (Å²) in [6.45, 7) is 0.477. The average molecular weight is 325 g/mol. The van der Waals surface area contributed by atoms with Crippen LogP contribution in [0.3, 0.4) is 0 Å². The summed E-state index contributed by atoms with van der Waals surface area (Å²) in [5.74, 6) is 0.989. The molecule has 0 fully saturated rings. The molecule has 1 N–H and O–H groups in total. The van der Waals surface area contributed by atoms with Crippen molar-refractivity contribution in [3.05, 3.63) is 59.2 Å². The van der Waals surface area contributed by atoms with E-state index in [2.05, 4.69) is 18.2 Å². The van der Waals surface area contributed by atoms with Crippen LogP contribution in [0.15, 0.2) is 42.5 Å². The number of phenols is 1. The van der Waals surface area contributed by atoms with E-state index >= 15 is 0 Å². The first-order chi connectivity index (χ1) is 11.6. The van der Waals surface area contributed by atoms with Crippen LogP contribution in [-0.2, 0) is 17.8 Å². The molecule has 4 nitrogen and oxygen atoms in total. The zero-order valence-corrected chi connectivity index (χ0v) is 14.2. The highest BCUT2D eigenvalue weighted by molar-refractivity contribution is 5.77. The monoisotopic (exact) mass is 325 g/mol. The molecule has 2 aromatic rings. The third-order valence-corrected chi connectivity index (χ3v) is 4.77. The van der Waals surface area contributed by atoms with Gasteiger partial charge >= 0.3 is 0 Å². The minimum atomic E-state index is 0.0977. The Labute approximate surface area is 142 Å². The molecule has 1 atom stereocenters. The summed E-state index contributed by atoms with van der Waals surface area (Å²) in [4.78, 5) is 14.3. The summed E-state index contributed by atoms with van der Waals surface area (Å²) >= 11 is 0. The number of aromatic hydroxyl groups is 1. The molecule has 0 radical (unpaired) electrons. The summed E-state index contributed by atoms with van der Waals surface area (Å²) in [5.41, 5.74) is 3.58. The molecule has 1 aliphatic carbocycles. The molecule has 0 spiro atoms. The number of hydrogen-bond donors (Lipinski definition) is 1. The molecule has 3 rings (SSSR count). The van der Waals surface area contributed by atoms with Crippen molar-refractivity contribution in [1.29, 1.82) is 0 Å². The molecule has 1 aliphatic rings. The van der Waals surface area contributed by atoms with E-state index in [-0.39, 0.29) is 11.7 Å². The van der Waals surface area contributed by atoms with Crippen molar-refractivity contribution >= 4 is 5.91 Å². The molecule has 1 amide bonds. The quantitative estimate of drug-likeness (QED) is 0.915. The first-order valence-corrected chi connectivity index (χ1v) is 8.26. The number of aryl methyl sites for hydroxylation is 1. The van der Waals surface area contributed by atoms with Gasteiger partial charge in [0.05, 0.1) is 7.11 Å². The van der Waals surface area contributed by atoms with Gasteiger partial charge < -0.3 is 14.7 Å². The van der Waals surface area contributed by atoms with Crippen LogP contribution >= 0.6 is 0 Å².